The topological polar surface area (TPSA) is 24.5 Å². The van der Waals surface area contributed by atoms with Crippen molar-refractivity contribution in [2.75, 3.05) is 39.8 Å². The summed E-state index contributed by atoms with van der Waals surface area (Å²) >= 11 is 0. The molecule has 3 heteroatoms. The molecule has 0 radical (unpaired) electrons. The van der Waals surface area contributed by atoms with Crippen LogP contribution in [0.5, 0.6) is 5.75 Å². The Labute approximate surface area is 122 Å². The van der Waals surface area contributed by atoms with E-state index in [2.05, 4.69) is 34.5 Å². The van der Waals surface area contributed by atoms with E-state index in [-0.39, 0.29) is 0 Å². The molecule has 0 amide bonds. The maximum Gasteiger partial charge on any atom is 0.119 e. The zero-order valence-corrected chi connectivity index (χ0v) is 12.5. The molecule has 1 saturated carbocycles. The molecule has 1 aliphatic carbocycles. The van der Waals surface area contributed by atoms with Crippen molar-refractivity contribution in [1.29, 1.82) is 0 Å². The minimum absolute atomic E-state index is 0.353. The highest BCUT2D eigenvalue weighted by molar-refractivity contribution is 5.35. The van der Waals surface area contributed by atoms with Gasteiger partial charge in [-0.3, -0.25) is 4.90 Å². The van der Waals surface area contributed by atoms with Crippen molar-refractivity contribution in [1.82, 2.24) is 10.2 Å². The van der Waals surface area contributed by atoms with Gasteiger partial charge < -0.3 is 10.1 Å². The van der Waals surface area contributed by atoms with Crippen LogP contribution in [0.4, 0.5) is 0 Å². The summed E-state index contributed by atoms with van der Waals surface area (Å²) in [6.45, 7) is 5.85. The van der Waals surface area contributed by atoms with Gasteiger partial charge in [0.25, 0.3) is 0 Å². The van der Waals surface area contributed by atoms with Gasteiger partial charge in [0.05, 0.1) is 7.11 Å². The van der Waals surface area contributed by atoms with E-state index in [0.717, 1.165) is 18.8 Å². The highest BCUT2D eigenvalue weighted by atomic mass is 16.5. The van der Waals surface area contributed by atoms with Crippen LogP contribution in [0.1, 0.15) is 31.2 Å². The lowest BCUT2D eigenvalue weighted by atomic mass is 9.78. The first-order valence-corrected chi connectivity index (χ1v) is 7.90. The third-order valence-electron chi connectivity index (χ3n) is 4.98. The molecule has 1 aliphatic heterocycles. The molecular formula is C17H26N2O. The standard InChI is InChI=1S/C17H26N2O/c1-20-16-6-4-5-15(13-16)17(7-2-3-8-17)14-19-11-9-18-10-12-19/h4-6,13,18H,2-3,7-12,14H2,1H3. The second-order valence-electron chi connectivity index (χ2n) is 6.25. The van der Waals surface area contributed by atoms with Crippen molar-refractivity contribution >= 4 is 0 Å². The maximum absolute atomic E-state index is 5.43. The summed E-state index contributed by atoms with van der Waals surface area (Å²) in [6.07, 6.45) is 5.38. The van der Waals surface area contributed by atoms with Crippen molar-refractivity contribution < 1.29 is 4.74 Å². The zero-order valence-electron chi connectivity index (χ0n) is 12.5. The summed E-state index contributed by atoms with van der Waals surface area (Å²) in [7, 11) is 1.76. The highest BCUT2D eigenvalue weighted by Crippen LogP contribution is 2.42. The SMILES string of the molecule is COc1cccc(C2(CN3CCNCC3)CCCC2)c1. The average Bonchev–Trinajstić information content (AvgIpc) is 2.98. The fourth-order valence-corrected chi connectivity index (χ4v) is 3.84. The molecule has 2 fully saturated rings. The van der Waals surface area contributed by atoms with E-state index in [1.165, 1.54) is 50.9 Å². The normalized spacial score (nSPS) is 22.9. The molecule has 0 bridgehead atoms. The van der Waals surface area contributed by atoms with E-state index in [1.807, 2.05) is 0 Å². The largest absolute Gasteiger partial charge is 0.497 e. The summed E-state index contributed by atoms with van der Waals surface area (Å²) in [4.78, 5) is 2.64. The number of hydrogen-bond acceptors (Lipinski definition) is 3. The molecule has 0 atom stereocenters. The number of rotatable bonds is 4. The van der Waals surface area contributed by atoms with Crippen LogP contribution in [0.15, 0.2) is 24.3 Å². The monoisotopic (exact) mass is 274 g/mol. The summed E-state index contributed by atoms with van der Waals surface area (Å²) < 4.78 is 5.43. The summed E-state index contributed by atoms with van der Waals surface area (Å²) in [6, 6.07) is 8.76. The second kappa shape index (κ2) is 6.15. The molecule has 110 valence electrons. The van der Waals surface area contributed by atoms with Gasteiger partial charge in [0.15, 0.2) is 0 Å². The van der Waals surface area contributed by atoms with E-state index in [9.17, 15) is 0 Å². The van der Waals surface area contributed by atoms with Crippen molar-refractivity contribution in [2.24, 2.45) is 0 Å². The quantitative estimate of drug-likeness (QED) is 0.912. The zero-order chi connectivity index (χ0) is 13.8. The number of nitrogens with zero attached hydrogens (tertiary/aromatic N) is 1. The van der Waals surface area contributed by atoms with Gasteiger partial charge in [0.2, 0.25) is 0 Å². The molecule has 1 heterocycles. The molecular weight excluding hydrogens is 248 g/mol. The van der Waals surface area contributed by atoms with Gasteiger partial charge in [-0.1, -0.05) is 25.0 Å². The Kier molecular flexibility index (Phi) is 4.27. The van der Waals surface area contributed by atoms with Crippen LogP contribution in [0.3, 0.4) is 0 Å². The average molecular weight is 274 g/mol. The molecule has 3 nitrogen and oxygen atoms in total. The van der Waals surface area contributed by atoms with Crippen LogP contribution in [-0.4, -0.2) is 44.7 Å². The van der Waals surface area contributed by atoms with Gasteiger partial charge in [-0.2, -0.15) is 0 Å². The van der Waals surface area contributed by atoms with Gasteiger partial charge in [-0.05, 0) is 30.5 Å². The molecule has 1 N–H and O–H groups in total. The molecule has 0 unspecified atom stereocenters. The first-order valence-electron chi connectivity index (χ1n) is 7.90. The number of nitrogens with one attached hydrogen (secondary N) is 1. The van der Waals surface area contributed by atoms with Crippen LogP contribution in [0.2, 0.25) is 0 Å². The molecule has 1 aromatic carbocycles. The predicted octanol–water partition coefficient (Wildman–Crippen LogP) is 2.41. The van der Waals surface area contributed by atoms with Crippen LogP contribution in [-0.2, 0) is 5.41 Å². The molecule has 2 aliphatic rings. The highest BCUT2D eigenvalue weighted by Gasteiger charge is 2.37. The number of ether oxygens (including phenoxy) is 1. The maximum atomic E-state index is 5.43. The molecule has 20 heavy (non-hydrogen) atoms. The molecule has 3 rings (SSSR count). The number of hydrogen-bond donors (Lipinski definition) is 1. The summed E-state index contributed by atoms with van der Waals surface area (Å²) in [5, 5.41) is 3.45. The van der Waals surface area contributed by atoms with E-state index < -0.39 is 0 Å². The Morgan fingerprint density at radius 3 is 2.65 bits per heavy atom. The van der Waals surface area contributed by atoms with E-state index in [4.69, 9.17) is 4.74 Å². The lowest BCUT2D eigenvalue weighted by Crippen LogP contribution is -2.48. The molecule has 1 saturated heterocycles. The van der Waals surface area contributed by atoms with Crippen LogP contribution in [0, 0.1) is 0 Å². The fourth-order valence-electron chi connectivity index (χ4n) is 3.84. The minimum Gasteiger partial charge on any atom is -0.497 e. The van der Waals surface area contributed by atoms with Gasteiger partial charge >= 0.3 is 0 Å². The number of benzene rings is 1. The van der Waals surface area contributed by atoms with Crippen molar-refractivity contribution in [3.05, 3.63) is 29.8 Å². The first-order chi connectivity index (χ1) is 9.82. The van der Waals surface area contributed by atoms with Gasteiger partial charge in [-0.15, -0.1) is 0 Å². The van der Waals surface area contributed by atoms with Gasteiger partial charge in [0, 0.05) is 38.1 Å². The van der Waals surface area contributed by atoms with E-state index in [1.54, 1.807) is 7.11 Å². The Hall–Kier alpha value is -1.06. The van der Waals surface area contributed by atoms with E-state index in [0.29, 0.717) is 5.41 Å². The third-order valence-corrected chi connectivity index (χ3v) is 4.98. The van der Waals surface area contributed by atoms with Crippen molar-refractivity contribution in [3.8, 4) is 5.75 Å². The van der Waals surface area contributed by atoms with E-state index >= 15 is 0 Å². The minimum atomic E-state index is 0.353. The summed E-state index contributed by atoms with van der Waals surface area (Å²) in [5.41, 5.74) is 1.83. The lowest BCUT2D eigenvalue weighted by Gasteiger charge is -2.38. The molecule has 0 aromatic heterocycles. The molecule has 0 spiro atoms. The number of methoxy groups -OCH3 is 1. The van der Waals surface area contributed by atoms with Crippen molar-refractivity contribution in [2.45, 2.75) is 31.1 Å². The van der Waals surface area contributed by atoms with Crippen LogP contribution < -0.4 is 10.1 Å². The smallest absolute Gasteiger partial charge is 0.119 e. The van der Waals surface area contributed by atoms with Gasteiger partial charge in [-0.25, -0.2) is 0 Å². The van der Waals surface area contributed by atoms with Crippen molar-refractivity contribution in [3.63, 3.8) is 0 Å². The lowest BCUT2D eigenvalue weighted by molar-refractivity contribution is 0.185. The first kappa shape index (κ1) is 13.9. The Bertz CT molecular complexity index is 434. The van der Waals surface area contributed by atoms with Gasteiger partial charge in [0.1, 0.15) is 5.75 Å². The Morgan fingerprint density at radius 2 is 1.95 bits per heavy atom. The van der Waals surface area contributed by atoms with Crippen LogP contribution in [0.25, 0.3) is 0 Å². The number of piperazine rings is 1. The summed E-state index contributed by atoms with van der Waals surface area (Å²) in [5.74, 6) is 0.995. The predicted molar refractivity (Wildman–Crippen MR) is 82.4 cm³/mol. The Balaban J connectivity index is 1.82. The Morgan fingerprint density at radius 1 is 1.20 bits per heavy atom. The second-order valence-corrected chi connectivity index (χ2v) is 6.25. The molecule has 1 aromatic rings. The van der Waals surface area contributed by atoms with Crippen LogP contribution >= 0.6 is 0 Å². The third kappa shape index (κ3) is 2.84. The fraction of sp³-hybridized carbons (Fsp3) is 0.647.